The number of hydrogen-bond acceptors (Lipinski definition) is 3. The van der Waals surface area contributed by atoms with Gasteiger partial charge in [-0.25, -0.2) is 4.79 Å². The summed E-state index contributed by atoms with van der Waals surface area (Å²) in [6.45, 7) is 14.0. The summed E-state index contributed by atoms with van der Waals surface area (Å²) in [5.74, 6) is 0.0525. The van der Waals surface area contributed by atoms with E-state index in [1.165, 1.54) is 0 Å². The average molecular weight is 444 g/mol. The molecule has 5 nitrogen and oxygen atoms in total. The maximum Gasteiger partial charge on any atom is 0.337 e. The largest absolute Gasteiger partial charge is 0.479 e. The van der Waals surface area contributed by atoms with Gasteiger partial charge >= 0.3 is 5.97 Å². The van der Waals surface area contributed by atoms with E-state index in [1.807, 2.05) is 47.6 Å². The number of aliphatic carboxylic acids is 1. The Balaban J connectivity index is 2.16. The molecule has 1 saturated carbocycles. The number of anilines is 1. The maximum absolute atomic E-state index is 12.6. The van der Waals surface area contributed by atoms with Crippen molar-refractivity contribution in [1.29, 1.82) is 0 Å². The Morgan fingerprint density at radius 3 is 2.38 bits per heavy atom. The van der Waals surface area contributed by atoms with Gasteiger partial charge in [0.25, 0.3) is 0 Å². The normalized spacial score (nSPS) is 23.9. The highest BCUT2D eigenvalue weighted by Gasteiger charge is 2.46. The first kappa shape index (κ1) is 24.8. The lowest BCUT2D eigenvalue weighted by atomic mass is 9.66. The molecule has 3 rings (SSSR count). The van der Waals surface area contributed by atoms with Gasteiger partial charge in [-0.05, 0) is 112 Å². The van der Waals surface area contributed by atoms with Gasteiger partial charge in [0, 0.05) is 12.1 Å². The molecule has 1 aromatic rings. The summed E-state index contributed by atoms with van der Waals surface area (Å²) in [7, 11) is 0. The van der Waals surface area contributed by atoms with E-state index in [0.717, 1.165) is 66.5 Å². The maximum atomic E-state index is 12.6. The fraction of sp³-hybridized carbons (Fsp3) is 0.704. The molecule has 178 valence electrons. The van der Waals surface area contributed by atoms with E-state index in [9.17, 15) is 14.7 Å². The first-order valence-electron chi connectivity index (χ1n) is 12.2. The molecule has 1 amide bonds. The van der Waals surface area contributed by atoms with Crippen LogP contribution in [0.3, 0.4) is 0 Å². The van der Waals surface area contributed by atoms with Gasteiger partial charge in [0.05, 0.1) is 5.60 Å². The molecule has 1 spiro atoms. The lowest BCUT2D eigenvalue weighted by Gasteiger charge is -2.40. The van der Waals surface area contributed by atoms with Crippen molar-refractivity contribution in [3.63, 3.8) is 0 Å². The zero-order valence-corrected chi connectivity index (χ0v) is 20.9. The highest BCUT2D eigenvalue weighted by Crippen LogP contribution is 2.55. The van der Waals surface area contributed by atoms with Crippen LogP contribution in [0.25, 0.3) is 0 Å². The van der Waals surface area contributed by atoms with Crippen LogP contribution >= 0.6 is 0 Å². The minimum Gasteiger partial charge on any atom is -0.479 e. The quantitative estimate of drug-likeness (QED) is 0.540. The zero-order valence-electron chi connectivity index (χ0n) is 20.9. The number of ether oxygens (including phenoxy) is 1. The predicted octanol–water partition coefficient (Wildman–Crippen LogP) is 6.31. The topological polar surface area (TPSA) is 75.6 Å². The molecule has 1 fully saturated rings. The standard InChI is InChI=1S/C27H41NO4/c1-16(2)14-21(29)28-20-15-18(4)22(24(25(30)31)32-26(5,6)7)23-19(20)10-13-27(23)11-8-17(3)9-12-27/h15-17,24H,8-14H2,1-7H3,(H,28,29)(H,30,31). The summed E-state index contributed by atoms with van der Waals surface area (Å²) in [6, 6.07) is 1.97. The van der Waals surface area contributed by atoms with Crippen LogP contribution < -0.4 is 5.32 Å². The molecule has 0 bridgehead atoms. The van der Waals surface area contributed by atoms with Crippen LogP contribution in [0.2, 0.25) is 0 Å². The van der Waals surface area contributed by atoms with Crippen LogP contribution in [0.1, 0.15) is 108 Å². The van der Waals surface area contributed by atoms with Crippen molar-refractivity contribution < 1.29 is 19.4 Å². The third-order valence-electron chi connectivity index (χ3n) is 7.12. The summed E-state index contributed by atoms with van der Waals surface area (Å²) >= 11 is 0. The third-order valence-corrected chi connectivity index (χ3v) is 7.12. The molecule has 5 heteroatoms. The summed E-state index contributed by atoms with van der Waals surface area (Å²) in [6.07, 6.45) is 5.79. The minimum absolute atomic E-state index is 0.0182. The Hall–Kier alpha value is -1.88. The summed E-state index contributed by atoms with van der Waals surface area (Å²) in [5.41, 5.74) is 4.25. The van der Waals surface area contributed by atoms with Crippen molar-refractivity contribution >= 4 is 17.6 Å². The molecule has 32 heavy (non-hydrogen) atoms. The van der Waals surface area contributed by atoms with Crippen LogP contribution in [0.5, 0.6) is 0 Å². The van der Waals surface area contributed by atoms with Crippen LogP contribution in [0.15, 0.2) is 6.07 Å². The Labute approximate surface area is 193 Å². The average Bonchev–Trinajstić information content (AvgIpc) is 3.01. The number of carbonyl (C=O) groups is 2. The van der Waals surface area contributed by atoms with Crippen LogP contribution in [0, 0.1) is 18.8 Å². The second-order valence-electron chi connectivity index (χ2n) is 11.6. The van der Waals surface area contributed by atoms with E-state index in [-0.39, 0.29) is 17.2 Å². The van der Waals surface area contributed by atoms with E-state index in [4.69, 9.17) is 4.74 Å². The summed E-state index contributed by atoms with van der Waals surface area (Å²) < 4.78 is 6.13. The Kier molecular flexibility index (Phi) is 7.09. The van der Waals surface area contributed by atoms with Crippen molar-refractivity contribution in [3.05, 3.63) is 28.3 Å². The van der Waals surface area contributed by atoms with Crippen LogP contribution in [-0.2, 0) is 26.2 Å². The number of rotatable bonds is 6. The molecule has 1 aromatic carbocycles. The summed E-state index contributed by atoms with van der Waals surface area (Å²) in [4.78, 5) is 25.1. The predicted molar refractivity (Wildman–Crippen MR) is 128 cm³/mol. The molecule has 2 aliphatic rings. The third kappa shape index (κ3) is 5.19. The van der Waals surface area contributed by atoms with Gasteiger partial charge in [0.1, 0.15) is 0 Å². The summed E-state index contributed by atoms with van der Waals surface area (Å²) in [5, 5.41) is 13.4. The fourth-order valence-electron chi connectivity index (χ4n) is 5.65. The molecule has 0 saturated heterocycles. The molecule has 1 atom stereocenters. The number of fused-ring (bicyclic) bond motifs is 2. The van der Waals surface area contributed by atoms with Crippen molar-refractivity contribution in [2.24, 2.45) is 11.8 Å². The molecule has 0 heterocycles. The van der Waals surface area contributed by atoms with Crippen molar-refractivity contribution in [1.82, 2.24) is 0 Å². The Morgan fingerprint density at radius 1 is 1.22 bits per heavy atom. The van der Waals surface area contributed by atoms with E-state index in [2.05, 4.69) is 12.2 Å². The van der Waals surface area contributed by atoms with Gasteiger partial charge in [-0.2, -0.15) is 0 Å². The Morgan fingerprint density at radius 2 is 1.84 bits per heavy atom. The molecule has 2 N–H and O–H groups in total. The van der Waals surface area contributed by atoms with Crippen molar-refractivity contribution in [2.75, 3.05) is 5.32 Å². The lowest BCUT2D eigenvalue weighted by Crippen LogP contribution is -2.34. The monoisotopic (exact) mass is 443 g/mol. The molecular weight excluding hydrogens is 402 g/mol. The van der Waals surface area contributed by atoms with Crippen molar-refractivity contribution in [3.8, 4) is 0 Å². The highest BCUT2D eigenvalue weighted by molar-refractivity contribution is 5.92. The first-order chi connectivity index (χ1) is 14.8. The van der Waals surface area contributed by atoms with E-state index >= 15 is 0 Å². The first-order valence-corrected chi connectivity index (χ1v) is 12.2. The molecular formula is C27H41NO4. The van der Waals surface area contributed by atoms with Crippen molar-refractivity contribution in [2.45, 2.75) is 111 Å². The van der Waals surface area contributed by atoms with Gasteiger partial charge in [-0.15, -0.1) is 0 Å². The fourth-order valence-corrected chi connectivity index (χ4v) is 5.65. The number of aryl methyl sites for hydroxylation is 1. The Bertz CT molecular complexity index is 873. The molecule has 0 aromatic heterocycles. The van der Waals surface area contributed by atoms with E-state index in [0.29, 0.717) is 12.3 Å². The number of carboxylic acids is 1. The SMILES string of the molecule is Cc1cc(NC(=O)CC(C)C)c2c(c1C(OC(C)(C)C)C(=O)O)C1(CC2)CCC(C)CC1. The second kappa shape index (κ2) is 9.17. The molecule has 2 aliphatic carbocycles. The van der Waals surface area contributed by atoms with E-state index in [1.54, 1.807) is 0 Å². The molecule has 1 unspecified atom stereocenters. The van der Waals surface area contributed by atoms with E-state index < -0.39 is 17.7 Å². The zero-order chi connectivity index (χ0) is 23.8. The smallest absolute Gasteiger partial charge is 0.337 e. The molecule has 0 radical (unpaired) electrons. The molecule has 0 aliphatic heterocycles. The van der Waals surface area contributed by atoms with Gasteiger partial charge in [0.2, 0.25) is 5.91 Å². The number of carboxylic acid groups (broad SMARTS) is 1. The second-order valence-corrected chi connectivity index (χ2v) is 11.6. The number of hydrogen-bond donors (Lipinski definition) is 2. The van der Waals surface area contributed by atoms with Gasteiger partial charge in [-0.1, -0.05) is 20.8 Å². The minimum atomic E-state index is -1.02. The number of amides is 1. The number of benzene rings is 1. The van der Waals surface area contributed by atoms with Crippen LogP contribution in [-0.4, -0.2) is 22.6 Å². The number of carbonyl (C=O) groups excluding carboxylic acids is 1. The van der Waals surface area contributed by atoms with Gasteiger partial charge < -0.3 is 15.2 Å². The van der Waals surface area contributed by atoms with Gasteiger partial charge in [0.15, 0.2) is 6.10 Å². The highest BCUT2D eigenvalue weighted by atomic mass is 16.5. The lowest BCUT2D eigenvalue weighted by molar-refractivity contribution is -0.160. The number of nitrogens with one attached hydrogen (secondary N) is 1. The van der Waals surface area contributed by atoms with Gasteiger partial charge in [-0.3, -0.25) is 4.79 Å². The van der Waals surface area contributed by atoms with Crippen LogP contribution in [0.4, 0.5) is 5.69 Å².